The Hall–Kier alpha value is -3.09. The number of rotatable bonds is 15. The first-order valence-corrected chi connectivity index (χ1v) is 14.0. The lowest BCUT2D eigenvalue weighted by molar-refractivity contribution is -0.143. The van der Waals surface area contributed by atoms with E-state index in [4.69, 9.17) is 5.73 Å². The summed E-state index contributed by atoms with van der Waals surface area (Å²) in [4.78, 5) is 53.7. The summed E-state index contributed by atoms with van der Waals surface area (Å²) in [7, 11) is 0. The molecule has 0 saturated heterocycles. The molecule has 1 heterocycles. The van der Waals surface area contributed by atoms with Crippen LogP contribution < -0.4 is 21.7 Å². The Labute approximate surface area is 226 Å². The average molecular weight is 550 g/mol. The van der Waals surface area contributed by atoms with Gasteiger partial charge in [0.05, 0.1) is 12.1 Å². The lowest BCUT2D eigenvalue weighted by atomic mass is 9.96. The van der Waals surface area contributed by atoms with Gasteiger partial charge in [0.2, 0.25) is 17.7 Å². The first-order valence-electron chi connectivity index (χ1n) is 12.6. The maximum Gasteiger partial charge on any atom is 0.326 e. The topological polar surface area (TPSA) is 187 Å². The number of aromatic amines is 1. The van der Waals surface area contributed by atoms with Gasteiger partial charge in [-0.15, -0.1) is 0 Å². The monoisotopic (exact) mass is 549 g/mol. The zero-order chi connectivity index (χ0) is 28.4. The Morgan fingerprint density at radius 2 is 1.66 bits per heavy atom. The number of carbonyl (C=O) groups is 4. The number of carboxylic acids is 1. The van der Waals surface area contributed by atoms with Gasteiger partial charge in [-0.25, -0.2) is 4.79 Å². The van der Waals surface area contributed by atoms with Crippen LogP contribution in [0.1, 0.15) is 39.2 Å². The van der Waals surface area contributed by atoms with E-state index in [9.17, 15) is 29.4 Å². The third kappa shape index (κ3) is 8.47. The molecular weight excluding hydrogens is 510 g/mol. The summed E-state index contributed by atoms with van der Waals surface area (Å²) in [5.41, 5.74) is 7.98. The van der Waals surface area contributed by atoms with E-state index in [1.807, 2.05) is 37.4 Å². The number of para-hydroxylation sites is 1. The van der Waals surface area contributed by atoms with E-state index in [1.165, 1.54) is 18.7 Å². The highest BCUT2D eigenvalue weighted by Gasteiger charge is 2.34. The fourth-order valence-corrected chi connectivity index (χ4v) is 4.47. The van der Waals surface area contributed by atoms with Crippen LogP contribution in [-0.2, 0) is 25.6 Å². The molecule has 1 aromatic carbocycles. The van der Waals surface area contributed by atoms with Gasteiger partial charge in [0, 0.05) is 17.1 Å². The van der Waals surface area contributed by atoms with Crippen molar-refractivity contribution in [3.63, 3.8) is 0 Å². The van der Waals surface area contributed by atoms with E-state index in [-0.39, 0.29) is 18.8 Å². The van der Waals surface area contributed by atoms with Gasteiger partial charge in [0.15, 0.2) is 0 Å². The van der Waals surface area contributed by atoms with Gasteiger partial charge in [-0.1, -0.05) is 38.5 Å². The maximum absolute atomic E-state index is 13.2. The number of carbonyl (C=O) groups excluding carboxylic acids is 3. The Morgan fingerprint density at radius 3 is 2.26 bits per heavy atom. The smallest absolute Gasteiger partial charge is 0.326 e. The van der Waals surface area contributed by atoms with Crippen molar-refractivity contribution >= 4 is 46.4 Å². The van der Waals surface area contributed by atoms with Crippen LogP contribution >= 0.6 is 11.8 Å². The summed E-state index contributed by atoms with van der Waals surface area (Å²) in [6.07, 6.45) is 3.27. The zero-order valence-corrected chi connectivity index (χ0v) is 23.0. The number of carboxylic acid groups (broad SMARTS) is 1. The van der Waals surface area contributed by atoms with Crippen LogP contribution in [0.2, 0.25) is 0 Å². The van der Waals surface area contributed by atoms with Crippen molar-refractivity contribution in [3.05, 3.63) is 36.0 Å². The molecule has 38 heavy (non-hydrogen) atoms. The largest absolute Gasteiger partial charge is 0.480 e. The number of aromatic nitrogens is 1. The lowest BCUT2D eigenvalue weighted by Crippen LogP contribution is -2.61. The number of nitrogens with two attached hydrogens (primary N) is 1. The van der Waals surface area contributed by atoms with Crippen molar-refractivity contribution in [3.8, 4) is 0 Å². The first-order chi connectivity index (χ1) is 18.0. The van der Waals surface area contributed by atoms with Gasteiger partial charge < -0.3 is 36.9 Å². The van der Waals surface area contributed by atoms with Crippen molar-refractivity contribution < 1.29 is 29.4 Å². The van der Waals surface area contributed by atoms with E-state index in [0.29, 0.717) is 12.2 Å². The van der Waals surface area contributed by atoms with Crippen LogP contribution in [0, 0.1) is 5.92 Å². The number of nitrogens with one attached hydrogen (secondary N) is 4. The van der Waals surface area contributed by atoms with Crippen molar-refractivity contribution in [1.82, 2.24) is 20.9 Å². The van der Waals surface area contributed by atoms with E-state index in [2.05, 4.69) is 20.9 Å². The second-order valence-corrected chi connectivity index (χ2v) is 10.4. The van der Waals surface area contributed by atoms with Gasteiger partial charge in [0.1, 0.15) is 18.1 Å². The second-order valence-electron chi connectivity index (χ2n) is 9.45. The standard InChI is InChI=1S/C26H39N5O6S/c1-5-14(2)21(30-23(33)18(27)12-16-13-28-19-9-7-6-8-17(16)19)24(34)31-22(15(3)32)25(35)29-20(26(36)37)10-11-38-4/h6-9,13-15,18,20-22,28,32H,5,10-12,27H2,1-4H3,(H,29,35)(H,30,33)(H,31,34)(H,36,37). The van der Waals surface area contributed by atoms with Crippen LogP contribution in [-0.4, -0.2) is 81.2 Å². The molecule has 6 unspecified atom stereocenters. The number of aliphatic hydroxyl groups is 1. The predicted octanol–water partition coefficient (Wildman–Crippen LogP) is 0.757. The molecule has 3 amide bonds. The Balaban J connectivity index is 2.11. The van der Waals surface area contributed by atoms with Crippen LogP contribution in [0.25, 0.3) is 10.9 Å². The summed E-state index contributed by atoms with van der Waals surface area (Å²) in [6, 6.07) is 3.10. The number of fused-ring (bicyclic) bond motifs is 1. The lowest BCUT2D eigenvalue weighted by Gasteiger charge is -2.29. The normalized spacial score (nSPS) is 16.1. The van der Waals surface area contributed by atoms with Crippen molar-refractivity contribution in [2.75, 3.05) is 12.0 Å². The molecule has 12 heteroatoms. The van der Waals surface area contributed by atoms with Crippen LogP contribution in [0.15, 0.2) is 30.5 Å². The summed E-state index contributed by atoms with van der Waals surface area (Å²) < 4.78 is 0. The van der Waals surface area contributed by atoms with Crippen LogP contribution in [0.3, 0.4) is 0 Å². The minimum Gasteiger partial charge on any atom is -0.480 e. The molecule has 0 bridgehead atoms. The third-order valence-corrected chi connectivity index (χ3v) is 7.18. The molecule has 0 aliphatic heterocycles. The predicted molar refractivity (Wildman–Crippen MR) is 148 cm³/mol. The molecule has 6 atom stereocenters. The number of hydrogen-bond donors (Lipinski definition) is 7. The van der Waals surface area contributed by atoms with E-state index >= 15 is 0 Å². The Bertz CT molecular complexity index is 1110. The summed E-state index contributed by atoms with van der Waals surface area (Å²) in [6.45, 7) is 4.94. The van der Waals surface area contributed by atoms with Gasteiger partial charge >= 0.3 is 5.97 Å². The molecule has 0 radical (unpaired) electrons. The van der Waals surface area contributed by atoms with Gasteiger partial charge in [-0.3, -0.25) is 14.4 Å². The highest BCUT2D eigenvalue weighted by atomic mass is 32.2. The Morgan fingerprint density at radius 1 is 1.03 bits per heavy atom. The fraction of sp³-hybridized carbons (Fsp3) is 0.538. The molecule has 0 aliphatic rings. The van der Waals surface area contributed by atoms with Gasteiger partial charge in [0.25, 0.3) is 0 Å². The summed E-state index contributed by atoms with van der Waals surface area (Å²) >= 11 is 1.43. The van der Waals surface area contributed by atoms with Gasteiger partial charge in [-0.05, 0) is 49.3 Å². The average Bonchev–Trinajstić information content (AvgIpc) is 3.29. The highest BCUT2D eigenvalue weighted by molar-refractivity contribution is 7.98. The fourth-order valence-electron chi connectivity index (χ4n) is 4.00. The molecule has 210 valence electrons. The van der Waals surface area contributed by atoms with Crippen LogP contribution in [0.5, 0.6) is 0 Å². The number of aliphatic carboxylic acids is 1. The molecule has 0 aliphatic carbocycles. The number of aliphatic hydroxyl groups excluding tert-OH is 1. The minimum atomic E-state index is -1.41. The quantitative estimate of drug-likeness (QED) is 0.170. The van der Waals surface area contributed by atoms with Crippen molar-refractivity contribution in [2.45, 2.75) is 70.3 Å². The van der Waals surface area contributed by atoms with E-state index < -0.39 is 54.0 Å². The summed E-state index contributed by atoms with van der Waals surface area (Å²) in [5.74, 6) is -3.06. The molecule has 0 saturated carbocycles. The van der Waals surface area contributed by atoms with E-state index in [0.717, 1.165) is 16.5 Å². The maximum atomic E-state index is 13.2. The molecule has 0 spiro atoms. The molecule has 2 aromatic rings. The number of amides is 3. The summed E-state index contributed by atoms with van der Waals surface area (Å²) in [5, 5.41) is 28.1. The molecule has 1 aromatic heterocycles. The zero-order valence-electron chi connectivity index (χ0n) is 22.2. The van der Waals surface area contributed by atoms with Gasteiger partial charge in [-0.2, -0.15) is 11.8 Å². The molecule has 0 fully saturated rings. The molecule has 11 nitrogen and oxygen atoms in total. The third-order valence-electron chi connectivity index (χ3n) is 6.53. The first kappa shape index (κ1) is 31.1. The molecular formula is C26H39N5O6S. The van der Waals surface area contributed by atoms with Crippen molar-refractivity contribution in [1.29, 1.82) is 0 Å². The number of benzene rings is 1. The van der Waals surface area contributed by atoms with E-state index in [1.54, 1.807) is 13.1 Å². The van der Waals surface area contributed by atoms with Crippen LogP contribution in [0.4, 0.5) is 0 Å². The highest BCUT2D eigenvalue weighted by Crippen LogP contribution is 2.19. The number of H-pyrrole nitrogens is 1. The minimum absolute atomic E-state index is 0.183. The Kier molecular flexibility index (Phi) is 12.1. The van der Waals surface area contributed by atoms with Crippen molar-refractivity contribution in [2.24, 2.45) is 11.7 Å². The molecule has 2 rings (SSSR count). The molecule has 8 N–H and O–H groups in total. The SMILES string of the molecule is CCC(C)C(NC(=O)C(N)Cc1c[nH]c2ccccc12)C(=O)NC(C(=O)NC(CCSC)C(=O)O)C(C)O. The number of thioether (sulfide) groups is 1. The second kappa shape index (κ2) is 14.7. The number of hydrogen-bond acceptors (Lipinski definition) is 7.